The zero-order valence-corrected chi connectivity index (χ0v) is 26.9. The van der Waals surface area contributed by atoms with Crippen LogP contribution in [-0.4, -0.2) is 9.97 Å². The van der Waals surface area contributed by atoms with Gasteiger partial charge in [-0.15, -0.1) is 65.4 Å². The van der Waals surface area contributed by atoms with Gasteiger partial charge in [0.25, 0.3) is 0 Å². The molecule has 0 aliphatic heterocycles. The topological polar surface area (TPSA) is 38.9 Å². The van der Waals surface area contributed by atoms with E-state index in [-0.39, 0.29) is 25.5 Å². The SMILES string of the molecule is Cc1cc2ccc3c4cc[c-]c(-c5cc(C(C)(C)C)ccn5)c4oc3c2s1.Cc1ccc(-c2[c-]cccc2)nc1.[Ir]. The molecule has 41 heavy (non-hydrogen) atoms. The van der Waals surface area contributed by atoms with Crippen LogP contribution in [0, 0.1) is 26.0 Å². The second kappa shape index (κ2) is 11.7. The van der Waals surface area contributed by atoms with Gasteiger partial charge in [0, 0.05) is 42.8 Å². The summed E-state index contributed by atoms with van der Waals surface area (Å²) >= 11 is 1.78. The van der Waals surface area contributed by atoms with Crippen molar-refractivity contribution >= 4 is 43.4 Å². The number of thiophene rings is 1. The van der Waals surface area contributed by atoms with Crippen LogP contribution < -0.4 is 0 Å². The molecule has 0 fully saturated rings. The molecule has 3 aromatic carbocycles. The molecule has 7 rings (SSSR count). The predicted octanol–water partition coefficient (Wildman–Crippen LogP) is 10.1. The molecule has 0 spiro atoms. The van der Waals surface area contributed by atoms with E-state index in [4.69, 9.17) is 4.42 Å². The van der Waals surface area contributed by atoms with Gasteiger partial charge in [-0.25, -0.2) is 0 Å². The minimum Gasteiger partial charge on any atom is -0.499 e. The molecule has 4 heterocycles. The number of pyridine rings is 2. The number of nitrogens with zero attached hydrogens (tertiary/aromatic N) is 2. The van der Waals surface area contributed by atoms with E-state index >= 15 is 0 Å². The van der Waals surface area contributed by atoms with Crippen LogP contribution in [0.25, 0.3) is 54.5 Å². The second-order valence-corrected chi connectivity index (χ2v) is 12.3. The van der Waals surface area contributed by atoms with Crippen molar-refractivity contribution in [1.82, 2.24) is 9.97 Å². The third-order valence-corrected chi connectivity index (χ3v) is 8.05. The van der Waals surface area contributed by atoms with Gasteiger partial charge in [-0.1, -0.05) is 62.1 Å². The number of aromatic nitrogens is 2. The van der Waals surface area contributed by atoms with Gasteiger partial charge in [0.1, 0.15) is 5.58 Å². The van der Waals surface area contributed by atoms with Gasteiger partial charge >= 0.3 is 0 Å². The number of benzene rings is 3. The molecule has 1 radical (unpaired) electrons. The van der Waals surface area contributed by atoms with Crippen LogP contribution in [0.3, 0.4) is 0 Å². The number of furan rings is 1. The zero-order valence-electron chi connectivity index (χ0n) is 23.7. The minimum atomic E-state index is 0. The molecule has 0 amide bonds. The molecule has 0 atom stereocenters. The number of aryl methyl sites for hydroxylation is 2. The molecule has 0 aliphatic rings. The Kier molecular flexibility index (Phi) is 8.24. The maximum atomic E-state index is 6.43. The number of hydrogen-bond donors (Lipinski definition) is 0. The molecule has 0 aliphatic carbocycles. The summed E-state index contributed by atoms with van der Waals surface area (Å²) < 4.78 is 7.64. The van der Waals surface area contributed by atoms with Crippen molar-refractivity contribution in [2.75, 3.05) is 0 Å². The van der Waals surface area contributed by atoms with E-state index in [1.165, 1.54) is 26.1 Å². The molecule has 207 valence electrons. The van der Waals surface area contributed by atoms with Gasteiger partial charge in [-0.05, 0) is 59.3 Å². The van der Waals surface area contributed by atoms with Crippen molar-refractivity contribution in [3.05, 3.63) is 119 Å². The van der Waals surface area contributed by atoms with Crippen LogP contribution in [0.2, 0.25) is 0 Å². The van der Waals surface area contributed by atoms with Crippen molar-refractivity contribution in [2.45, 2.75) is 40.0 Å². The molecule has 0 N–H and O–H groups in total. The Labute approximate surface area is 258 Å². The molecule has 5 heteroatoms. The van der Waals surface area contributed by atoms with Gasteiger partial charge in [-0.2, -0.15) is 0 Å². The van der Waals surface area contributed by atoms with E-state index < -0.39 is 0 Å². The molecule has 7 aromatic rings. The Morgan fingerprint density at radius 2 is 1.61 bits per heavy atom. The fraction of sp³-hybridized carbons (Fsp3) is 0.167. The maximum absolute atomic E-state index is 6.43. The molecular formula is C36H30IrN2OS-2. The van der Waals surface area contributed by atoms with Crippen LogP contribution in [0.4, 0.5) is 0 Å². The molecule has 0 saturated carbocycles. The molecular weight excluding hydrogens is 701 g/mol. The average Bonchev–Trinajstić information content (AvgIpc) is 3.53. The average molecular weight is 731 g/mol. The summed E-state index contributed by atoms with van der Waals surface area (Å²) in [5, 5.41) is 3.51. The summed E-state index contributed by atoms with van der Waals surface area (Å²) in [6.45, 7) is 10.8. The van der Waals surface area contributed by atoms with E-state index in [1.807, 2.05) is 55.7 Å². The predicted molar refractivity (Wildman–Crippen MR) is 168 cm³/mol. The number of fused-ring (bicyclic) bond motifs is 5. The summed E-state index contributed by atoms with van der Waals surface area (Å²) in [5.41, 5.74) is 8.19. The molecule has 0 unspecified atom stereocenters. The first kappa shape index (κ1) is 28.9. The largest absolute Gasteiger partial charge is 0.499 e. The van der Waals surface area contributed by atoms with Gasteiger partial charge in [-0.3, -0.25) is 0 Å². The van der Waals surface area contributed by atoms with Crippen molar-refractivity contribution < 1.29 is 24.5 Å². The molecule has 0 bridgehead atoms. The standard InChI is InChI=1S/C24H20NOS.C12H10N.Ir/c1-14-12-15-8-9-18-17-6-5-7-19(21(17)26-22(18)23(15)27-14)20-13-16(10-11-25-20)24(2,3)4;1-10-7-8-12(13-9-10)11-5-3-2-4-6-11;/h5-6,8-13H,1-4H3;2-5,7-9H,1H3;/q2*-1;. The molecule has 0 saturated heterocycles. The Hall–Kier alpha value is -3.63. The Morgan fingerprint density at radius 3 is 2.34 bits per heavy atom. The van der Waals surface area contributed by atoms with E-state index in [2.05, 4.69) is 92.3 Å². The van der Waals surface area contributed by atoms with Crippen LogP contribution in [0.15, 0.2) is 95.7 Å². The van der Waals surface area contributed by atoms with E-state index in [1.54, 1.807) is 11.3 Å². The Morgan fingerprint density at radius 1 is 0.780 bits per heavy atom. The quantitative estimate of drug-likeness (QED) is 0.166. The summed E-state index contributed by atoms with van der Waals surface area (Å²) in [5.74, 6) is 0. The third kappa shape index (κ3) is 5.89. The summed E-state index contributed by atoms with van der Waals surface area (Å²) in [7, 11) is 0. The van der Waals surface area contributed by atoms with Gasteiger partial charge in [0.2, 0.25) is 0 Å². The van der Waals surface area contributed by atoms with E-state index in [0.29, 0.717) is 0 Å². The van der Waals surface area contributed by atoms with Gasteiger partial charge < -0.3 is 14.4 Å². The molecule has 3 nitrogen and oxygen atoms in total. The summed E-state index contributed by atoms with van der Waals surface area (Å²) in [6.07, 6.45) is 3.75. The van der Waals surface area contributed by atoms with Crippen LogP contribution in [0.1, 0.15) is 36.8 Å². The van der Waals surface area contributed by atoms with E-state index in [0.717, 1.165) is 44.5 Å². The second-order valence-electron chi connectivity index (χ2n) is 11.1. The smallest absolute Gasteiger partial charge is 0.138 e. The summed E-state index contributed by atoms with van der Waals surface area (Å²) in [6, 6.07) is 33.3. The fourth-order valence-electron chi connectivity index (χ4n) is 4.83. The first-order valence-electron chi connectivity index (χ1n) is 13.4. The first-order chi connectivity index (χ1) is 19.3. The minimum absolute atomic E-state index is 0. The van der Waals surface area contributed by atoms with Crippen molar-refractivity contribution in [3.63, 3.8) is 0 Å². The zero-order chi connectivity index (χ0) is 27.9. The number of rotatable bonds is 2. The van der Waals surface area contributed by atoms with Crippen molar-refractivity contribution in [3.8, 4) is 22.5 Å². The van der Waals surface area contributed by atoms with Crippen LogP contribution in [-0.2, 0) is 25.5 Å². The van der Waals surface area contributed by atoms with Crippen LogP contribution >= 0.6 is 11.3 Å². The van der Waals surface area contributed by atoms with Gasteiger partial charge in [0.15, 0.2) is 0 Å². The monoisotopic (exact) mass is 731 g/mol. The third-order valence-electron chi connectivity index (χ3n) is 6.99. The van der Waals surface area contributed by atoms with Crippen molar-refractivity contribution in [1.29, 1.82) is 0 Å². The maximum Gasteiger partial charge on any atom is 0.138 e. The van der Waals surface area contributed by atoms with Gasteiger partial charge in [0.05, 0.1) is 10.3 Å². The fourth-order valence-corrected chi connectivity index (χ4v) is 5.82. The normalized spacial score (nSPS) is 11.3. The number of hydrogen-bond acceptors (Lipinski definition) is 4. The summed E-state index contributed by atoms with van der Waals surface area (Å²) in [4.78, 5) is 10.2. The Balaban J connectivity index is 0.000000204. The van der Waals surface area contributed by atoms with E-state index in [9.17, 15) is 0 Å². The first-order valence-corrected chi connectivity index (χ1v) is 14.2. The van der Waals surface area contributed by atoms with Crippen LogP contribution in [0.5, 0.6) is 0 Å². The van der Waals surface area contributed by atoms with Crippen molar-refractivity contribution in [2.24, 2.45) is 0 Å². The Bertz CT molecular complexity index is 1950. The molecule has 4 aromatic heterocycles.